The summed E-state index contributed by atoms with van der Waals surface area (Å²) in [6.45, 7) is 7.62. The lowest BCUT2D eigenvalue weighted by Gasteiger charge is -2.31. The van der Waals surface area contributed by atoms with Gasteiger partial charge in [0.2, 0.25) is 15.9 Å². The molecule has 0 aliphatic rings. The van der Waals surface area contributed by atoms with Crippen molar-refractivity contribution < 1.29 is 18.1 Å². The third-order valence-electron chi connectivity index (χ3n) is 5.15. The zero-order valence-corrected chi connectivity index (χ0v) is 19.3. The fourth-order valence-electron chi connectivity index (χ4n) is 3.69. The summed E-state index contributed by atoms with van der Waals surface area (Å²) < 4.78 is 26.2. The lowest BCUT2D eigenvalue weighted by atomic mass is 9.97. The highest BCUT2D eigenvalue weighted by Crippen LogP contribution is 2.28. The van der Waals surface area contributed by atoms with Crippen molar-refractivity contribution in [1.29, 1.82) is 0 Å². The number of nitro groups is 1. The maximum atomic E-state index is 13.2. The quantitative estimate of drug-likeness (QED) is 0.461. The van der Waals surface area contributed by atoms with Gasteiger partial charge < -0.3 is 5.32 Å². The van der Waals surface area contributed by atoms with Gasteiger partial charge in [0.15, 0.2) is 0 Å². The van der Waals surface area contributed by atoms with E-state index in [1.807, 2.05) is 39.0 Å². The second-order valence-corrected chi connectivity index (χ2v) is 9.45. The van der Waals surface area contributed by atoms with Crippen LogP contribution in [0, 0.1) is 24.0 Å². The normalized spacial score (nSPS) is 13.3. The third kappa shape index (κ3) is 5.81. The fraction of sp³-hybridized carbons (Fsp3) is 0.409. The summed E-state index contributed by atoms with van der Waals surface area (Å²) in [5.74, 6) is -0.453. The first-order chi connectivity index (χ1) is 14.5. The van der Waals surface area contributed by atoms with Crippen LogP contribution >= 0.6 is 0 Å². The zero-order valence-electron chi connectivity index (χ0n) is 18.5. The molecule has 1 amide bonds. The van der Waals surface area contributed by atoms with Gasteiger partial charge in [-0.25, -0.2) is 8.42 Å². The molecule has 0 saturated heterocycles. The van der Waals surface area contributed by atoms with Gasteiger partial charge in [-0.2, -0.15) is 0 Å². The maximum absolute atomic E-state index is 13.2. The Hall–Kier alpha value is -2.94. The molecule has 0 aliphatic carbocycles. The van der Waals surface area contributed by atoms with E-state index in [9.17, 15) is 23.3 Å². The molecule has 0 fully saturated rings. The van der Waals surface area contributed by atoms with E-state index in [-0.39, 0.29) is 23.8 Å². The first-order valence-corrected chi connectivity index (χ1v) is 12.0. The van der Waals surface area contributed by atoms with Crippen LogP contribution in [0.1, 0.15) is 49.4 Å². The molecule has 0 spiro atoms. The Labute approximate surface area is 183 Å². The van der Waals surface area contributed by atoms with E-state index >= 15 is 0 Å². The standard InChI is InChI=1S/C22H29N3O5S/c1-6-20(19-12-11-15(3)13-16(19)4)23-22(26)21(7-2)24(31(5,29)30)17-9-8-10-18(14-17)25(27)28/h8-14,20-21H,6-7H2,1-5H3,(H,23,26). The lowest BCUT2D eigenvalue weighted by Crippen LogP contribution is -2.50. The predicted octanol–water partition coefficient (Wildman–Crippen LogP) is 4.02. The minimum Gasteiger partial charge on any atom is -0.347 e. The van der Waals surface area contributed by atoms with E-state index in [4.69, 9.17) is 0 Å². The number of non-ortho nitro benzene ring substituents is 1. The highest BCUT2D eigenvalue weighted by molar-refractivity contribution is 7.92. The van der Waals surface area contributed by atoms with E-state index in [2.05, 4.69) is 5.32 Å². The summed E-state index contributed by atoms with van der Waals surface area (Å²) in [7, 11) is -3.89. The SMILES string of the molecule is CCC(NC(=O)C(CC)N(c1cccc([N+](=O)[O-])c1)S(C)(=O)=O)c1ccc(C)cc1C. The second-order valence-electron chi connectivity index (χ2n) is 7.59. The van der Waals surface area contributed by atoms with Gasteiger partial charge in [0.05, 0.1) is 22.9 Å². The Morgan fingerprint density at radius 3 is 2.32 bits per heavy atom. The number of nitrogens with one attached hydrogen (secondary N) is 1. The second kappa shape index (κ2) is 9.91. The molecule has 2 rings (SSSR count). The smallest absolute Gasteiger partial charge is 0.271 e. The van der Waals surface area contributed by atoms with Crippen LogP contribution in [0.25, 0.3) is 0 Å². The van der Waals surface area contributed by atoms with Gasteiger partial charge in [0.1, 0.15) is 6.04 Å². The first-order valence-electron chi connectivity index (χ1n) is 10.1. The first kappa shape index (κ1) is 24.3. The van der Waals surface area contributed by atoms with Gasteiger partial charge >= 0.3 is 0 Å². The van der Waals surface area contributed by atoms with Gasteiger partial charge in [-0.15, -0.1) is 0 Å². The number of hydrogen-bond donors (Lipinski definition) is 1. The number of nitro benzene ring substituents is 1. The zero-order chi connectivity index (χ0) is 23.3. The minimum atomic E-state index is -3.89. The summed E-state index contributed by atoms with van der Waals surface area (Å²) >= 11 is 0. The monoisotopic (exact) mass is 447 g/mol. The summed E-state index contributed by atoms with van der Waals surface area (Å²) in [5.41, 5.74) is 2.96. The molecular weight excluding hydrogens is 418 g/mol. The molecule has 2 aromatic carbocycles. The number of anilines is 1. The van der Waals surface area contributed by atoms with E-state index in [1.54, 1.807) is 6.92 Å². The summed E-state index contributed by atoms with van der Waals surface area (Å²) in [6.07, 6.45) is 1.82. The Balaban J connectivity index is 2.42. The molecular formula is C22H29N3O5S. The van der Waals surface area contributed by atoms with Gasteiger partial charge in [0.25, 0.3) is 5.69 Å². The average molecular weight is 448 g/mol. The molecule has 31 heavy (non-hydrogen) atoms. The van der Waals surface area contributed by atoms with Crippen LogP contribution in [0.3, 0.4) is 0 Å². The van der Waals surface area contributed by atoms with Gasteiger partial charge in [-0.05, 0) is 43.9 Å². The number of hydrogen-bond acceptors (Lipinski definition) is 5. The summed E-state index contributed by atoms with van der Waals surface area (Å²) in [4.78, 5) is 23.8. The van der Waals surface area contributed by atoms with Crippen molar-refractivity contribution in [2.24, 2.45) is 0 Å². The Bertz CT molecular complexity index is 1070. The largest absolute Gasteiger partial charge is 0.347 e. The van der Waals surface area contributed by atoms with E-state index in [0.29, 0.717) is 6.42 Å². The highest BCUT2D eigenvalue weighted by Gasteiger charge is 2.33. The number of sulfonamides is 1. The molecule has 2 unspecified atom stereocenters. The van der Waals surface area contributed by atoms with Gasteiger partial charge in [-0.1, -0.05) is 43.7 Å². The molecule has 8 nitrogen and oxygen atoms in total. The van der Waals surface area contributed by atoms with Crippen LogP contribution < -0.4 is 9.62 Å². The summed E-state index contributed by atoms with van der Waals surface area (Å²) in [5, 5.41) is 14.1. The lowest BCUT2D eigenvalue weighted by molar-refractivity contribution is -0.384. The number of aryl methyl sites for hydroxylation is 2. The van der Waals surface area contributed by atoms with Crippen LogP contribution in [0.15, 0.2) is 42.5 Å². The molecule has 0 heterocycles. The van der Waals surface area contributed by atoms with Crippen molar-refractivity contribution in [1.82, 2.24) is 5.32 Å². The average Bonchev–Trinajstić information content (AvgIpc) is 2.69. The minimum absolute atomic E-state index is 0.0817. The predicted molar refractivity (Wildman–Crippen MR) is 122 cm³/mol. The van der Waals surface area contributed by atoms with Crippen LogP contribution in [0.2, 0.25) is 0 Å². The molecule has 0 aromatic heterocycles. The number of carbonyl (C=O) groups excluding carboxylic acids is 1. The van der Waals surface area contributed by atoms with Crippen LogP contribution in [-0.4, -0.2) is 31.5 Å². The van der Waals surface area contributed by atoms with Gasteiger partial charge in [0, 0.05) is 12.1 Å². The van der Waals surface area contributed by atoms with E-state index in [0.717, 1.165) is 27.3 Å². The Morgan fingerprint density at radius 2 is 1.81 bits per heavy atom. The Morgan fingerprint density at radius 1 is 1.13 bits per heavy atom. The number of nitrogens with zero attached hydrogens (tertiary/aromatic N) is 2. The number of benzene rings is 2. The fourth-order valence-corrected chi connectivity index (χ4v) is 4.89. The molecule has 0 saturated carbocycles. The highest BCUT2D eigenvalue weighted by atomic mass is 32.2. The van der Waals surface area contributed by atoms with E-state index < -0.39 is 26.9 Å². The molecule has 168 valence electrons. The molecule has 0 aliphatic heterocycles. The molecule has 2 aromatic rings. The Kier molecular flexibility index (Phi) is 7.78. The van der Waals surface area contributed by atoms with E-state index in [1.165, 1.54) is 24.3 Å². The molecule has 9 heteroatoms. The van der Waals surface area contributed by atoms with Crippen LogP contribution in [-0.2, 0) is 14.8 Å². The molecule has 0 radical (unpaired) electrons. The number of amides is 1. The maximum Gasteiger partial charge on any atom is 0.271 e. The van der Waals surface area contributed by atoms with Gasteiger partial charge in [-0.3, -0.25) is 19.2 Å². The van der Waals surface area contributed by atoms with Crippen LogP contribution in [0.5, 0.6) is 0 Å². The van der Waals surface area contributed by atoms with Crippen LogP contribution in [0.4, 0.5) is 11.4 Å². The third-order valence-corrected chi connectivity index (χ3v) is 6.33. The van der Waals surface area contributed by atoms with Crippen molar-refractivity contribution >= 4 is 27.3 Å². The topological polar surface area (TPSA) is 110 Å². The molecule has 2 atom stereocenters. The molecule has 0 bridgehead atoms. The number of rotatable bonds is 9. The van der Waals surface area contributed by atoms with Crippen molar-refractivity contribution in [2.45, 2.75) is 52.6 Å². The van der Waals surface area contributed by atoms with Crippen molar-refractivity contribution in [3.63, 3.8) is 0 Å². The van der Waals surface area contributed by atoms with Crippen molar-refractivity contribution in [2.75, 3.05) is 10.6 Å². The van der Waals surface area contributed by atoms with Crippen molar-refractivity contribution in [3.05, 3.63) is 69.3 Å². The van der Waals surface area contributed by atoms with Crippen molar-refractivity contribution in [3.8, 4) is 0 Å². The molecule has 1 N–H and O–H groups in total. The number of carbonyl (C=O) groups is 1. The summed E-state index contributed by atoms with van der Waals surface area (Å²) in [6, 6.07) is 9.94.